The van der Waals surface area contributed by atoms with Crippen LogP contribution >= 0.6 is 0 Å². The van der Waals surface area contributed by atoms with Gasteiger partial charge >= 0.3 is 0 Å². The van der Waals surface area contributed by atoms with E-state index in [0.717, 1.165) is 28.1 Å². The molecule has 9 aromatic rings. The molecule has 6 aromatic carbocycles. The maximum Gasteiger partial charge on any atom is 0.0724 e. The lowest BCUT2D eigenvalue weighted by Crippen LogP contribution is -1.95. The summed E-state index contributed by atoms with van der Waals surface area (Å²) in [5, 5.41) is 7.40. The van der Waals surface area contributed by atoms with Gasteiger partial charge in [-0.05, 0) is 59.3 Å². The number of hydrogen-bond acceptors (Lipinski definition) is 1. The lowest BCUT2D eigenvalue weighted by molar-refractivity contribution is 1.17. The molecule has 3 heteroatoms. The Morgan fingerprint density at radius 2 is 1.02 bits per heavy atom. The van der Waals surface area contributed by atoms with E-state index in [4.69, 9.17) is 4.98 Å². The Morgan fingerprint density at radius 1 is 0.381 bits per heavy atom. The van der Waals surface area contributed by atoms with Crippen molar-refractivity contribution in [1.29, 1.82) is 0 Å². The molecule has 9 rings (SSSR count). The van der Waals surface area contributed by atoms with Crippen molar-refractivity contribution in [3.8, 4) is 22.6 Å². The minimum absolute atomic E-state index is 0.968. The summed E-state index contributed by atoms with van der Waals surface area (Å²) in [6.07, 6.45) is 2.03. The Labute approximate surface area is 242 Å². The average Bonchev–Trinajstić information content (AvgIpc) is 3.57. The number of aromatic nitrogens is 3. The Hall–Kier alpha value is -5.67. The molecule has 0 unspecified atom stereocenters. The molecule has 0 aliphatic heterocycles. The molecule has 0 bridgehead atoms. The van der Waals surface area contributed by atoms with Crippen molar-refractivity contribution in [2.75, 3.05) is 0 Å². The topological polar surface area (TPSA) is 22.8 Å². The number of para-hydroxylation sites is 3. The van der Waals surface area contributed by atoms with Crippen molar-refractivity contribution in [3.05, 3.63) is 152 Å². The quantitative estimate of drug-likeness (QED) is 0.221. The van der Waals surface area contributed by atoms with Crippen molar-refractivity contribution in [3.63, 3.8) is 0 Å². The molecule has 0 N–H and O–H groups in total. The number of pyridine rings is 1. The smallest absolute Gasteiger partial charge is 0.0724 e. The third kappa shape index (κ3) is 3.37. The fraction of sp³-hybridized carbons (Fsp3) is 0. The number of rotatable bonds is 3. The zero-order chi connectivity index (χ0) is 27.6. The Balaban J connectivity index is 1.28. The van der Waals surface area contributed by atoms with Crippen LogP contribution in [0.5, 0.6) is 0 Å². The molecule has 3 nitrogen and oxygen atoms in total. The number of benzene rings is 6. The number of hydrogen-bond donors (Lipinski definition) is 0. The second-order valence-electron chi connectivity index (χ2n) is 10.9. The van der Waals surface area contributed by atoms with Gasteiger partial charge in [0.1, 0.15) is 0 Å². The molecule has 0 aliphatic carbocycles. The number of nitrogens with zero attached hydrogens (tertiary/aromatic N) is 3. The van der Waals surface area contributed by atoms with Crippen LogP contribution in [0.1, 0.15) is 0 Å². The fourth-order valence-corrected chi connectivity index (χ4v) is 6.61. The van der Waals surface area contributed by atoms with Crippen molar-refractivity contribution >= 4 is 54.4 Å². The van der Waals surface area contributed by atoms with Gasteiger partial charge < -0.3 is 9.13 Å². The molecule has 0 saturated heterocycles. The average molecular weight is 536 g/mol. The van der Waals surface area contributed by atoms with Crippen LogP contribution in [0.4, 0.5) is 0 Å². The molecule has 42 heavy (non-hydrogen) atoms. The molecule has 196 valence electrons. The molecule has 0 fully saturated rings. The third-order valence-corrected chi connectivity index (χ3v) is 8.53. The second kappa shape index (κ2) is 8.92. The van der Waals surface area contributed by atoms with E-state index >= 15 is 0 Å². The van der Waals surface area contributed by atoms with E-state index in [1.165, 1.54) is 48.9 Å². The molecular formula is C39H25N3. The number of fused-ring (bicyclic) bond motifs is 7. The summed E-state index contributed by atoms with van der Waals surface area (Å²) in [4.78, 5) is 5.03. The van der Waals surface area contributed by atoms with Crippen LogP contribution in [0.3, 0.4) is 0 Å². The molecule has 0 atom stereocenters. The predicted octanol–water partition coefficient (Wildman–Crippen LogP) is 10.1. The van der Waals surface area contributed by atoms with Gasteiger partial charge in [-0.1, -0.05) is 97.1 Å². The van der Waals surface area contributed by atoms with Gasteiger partial charge in [0.25, 0.3) is 0 Å². The molecule has 3 aromatic heterocycles. The first-order valence-electron chi connectivity index (χ1n) is 14.3. The van der Waals surface area contributed by atoms with Crippen LogP contribution in [-0.2, 0) is 0 Å². The van der Waals surface area contributed by atoms with Crippen molar-refractivity contribution in [2.45, 2.75) is 0 Å². The molecular weight excluding hydrogens is 510 g/mol. The maximum atomic E-state index is 5.03. The molecule has 0 saturated carbocycles. The van der Waals surface area contributed by atoms with E-state index in [-0.39, 0.29) is 0 Å². The summed E-state index contributed by atoms with van der Waals surface area (Å²) in [6, 6.07) is 52.1. The van der Waals surface area contributed by atoms with Gasteiger partial charge in [-0.25, -0.2) is 0 Å². The fourth-order valence-electron chi connectivity index (χ4n) is 6.61. The normalized spacial score (nSPS) is 11.8. The standard InChI is InChI=1S/C39H25N3/c1-2-12-29(13-3-1)41-37-17-9-7-15-32(37)34-24-35(40-25-39(34)41)28-19-21-33-31-14-6-8-16-36(31)42(38(33)23-28)30-20-18-26-10-4-5-11-27(26)22-30/h1-25H. The summed E-state index contributed by atoms with van der Waals surface area (Å²) in [5.74, 6) is 0. The van der Waals surface area contributed by atoms with E-state index in [0.29, 0.717) is 0 Å². The largest absolute Gasteiger partial charge is 0.309 e. The van der Waals surface area contributed by atoms with E-state index in [1.54, 1.807) is 0 Å². The van der Waals surface area contributed by atoms with E-state index in [9.17, 15) is 0 Å². The summed E-state index contributed by atoms with van der Waals surface area (Å²) >= 11 is 0. The second-order valence-corrected chi connectivity index (χ2v) is 10.9. The monoisotopic (exact) mass is 535 g/mol. The highest BCUT2D eigenvalue weighted by atomic mass is 15.0. The highest BCUT2D eigenvalue weighted by molar-refractivity contribution is 6.12. The summed E-state index contributed by atoms with van der Waals surface area (Å²) < 4.78 is 4.70. The summed E-state index contributed by atoms with van der Waals surface area (Å²) in [7, 11) is 0. The Bertz CT molecular complexity index is 2460. The van der Waals surface area contributed by atoms with Crippen LogP contribution in [0, 0.1) is 0 Å². The SMILES string of the molecule is c1ccc(-n2c3ccccc3c3cc(-c4ccc5c6ccccc6n(-c6ccc7ccccc7c6)c5c4)ncc32)cc1. The van der Waals surface area contributed by atoms with Gasteiger partial charge in [0.2, 0.25) is 0 Å². The third-order valence-electron chi connectivity index (χ3n) is 8.53. The minimum Gasteiger partial charge on any atom is -0.309 e. The van der Waals surface area contributed by atoms with Gasteiger partial charge in [-0.2, -0.15) is 0 Å². The van der Waals surface area contributed by atoms with Gasteiger partial charge in [0, 0.05) is 38.5 Å². The van der Waals surface area contributed by atoms with Crippen LogP contribution in [0.15, 0.2) is 152 Å². The molecule has 0 spiro atoms. The summed E-state index contributed by atoms with van der Waals surface area (Å²) in [5.41, 5.74) is 9.04. The van der Waals surface area contributed by atoms with Crippen LogP contribution in [-0.4, -0.2) is 14.1 Å². The molecule has 0 radical (unpaired) electrons. The first-order valence-corrected chi connectivity index (χ1v) is 14.3. The highest BCUT2D eigenvalue weighted by Crippen LogP contribution is 2.37. The van der Waals surface area contributed by atoms with E-state index in [2.05, 4.69) is 155 Å². The Kier molecular flexibility index (Phi) is 4.90. The highest BCUT2D eigenvalue weighted by Gasteiger charge is 2.16. The molecule has 0 amide bonds. The zero-order valence-corrected chi connectivity index (χ0v) is 22.8. The van der Waals surface area contributed by atoms with Gasteiger partial charge in [-0.3, -0.25) is 4.98 Å². The van der Waals surface area contributed by atoms with Crippen molar-refractivity contribution in [2.24, 2.45) is 0 Å². The first kappa shape index (κ1) is 23.1. The van der Waals surface area contributed by atoms with Crippen LogP contribution < -0.4 is 0 Å². The van der Waals surface area contributed by atoms with Crippen LogP contribution in [0.2, 0.25) is 0 Å². The first-order chi connectivity index (χ1) is 20.8. The summed E-state index contributed by atoms with van der Waals surface area (Å²) in [6.45, 7) is 0. The minimum atomic E-state index is 0.968. The molecule has 0 aliphatic rings. The van der Waals surface area contributed by atoms with Gasteiger partial charge in [-0.15, -0.1) is 0 Å². The predicted molar refractivity (Wildman–Crippen MR) is 176 cm³/mol. The van der Waals surface area contributed by atoms with Crippen LogP contribution in [0.25, 0.3) is 77.0 Å². The molecule has 3 heterocycles. The van der Waals surface area contributed by atoms with E-state index < -0.39 is 0 Å². The van der Waals surface area contributed by atoms with Gasteiger partial charge in [0.05, 0.1) is 34.0 Å². The lowest BCUT2D eigenvalue weighted by atomic mass is 10.1. The van der Waals surface area contributed by atoms with Crippen molar-refractivity contribution < 1.29 is 0 Å². The Morgan fingerprint density at radius 3 is 1.83 bits per heavy atom. The van der Waals surface area contributed by atoms with E-state index in [1.807, 2.05) is 6.20 Å². The zero-order valence-electron chi connectivity index (χ0n) is 22.8. The van der Waals surface area contributed by atoms with Gasteiger partial charge in [0.15, 0.2) is 0 Å². The maximum absolute atomic E-state index is 5.03. The lowest BCUT2D eigenvalue weighted by Gasteiger charge is -2.10. The van der Waals surface area contributed by atoms with Crippen molar-refractivity contribution in [1.82, 2.24) is 14.1 Å².